The smallest absolute Gasteiger partial charge is 0.423 e. The molecule has 1 saturated carbocycles. The van der Waals surface area contributed by atoms with Crippen molar-refractivity contribution in [3.63, 3.8) is 0 Å². The lowest BCUT2D eigenvalue weighted by Crippen LogP contribution is -2.33. The minimum Gasteiger partial charge on any atom is -0.423 e. The van der Waals surface area contributed by atoms with E-state index in [1.807, 2.05) is 12.1 Å². The lowest BCUT2D eigenvalue weighted by molar-refractivity contribution is 0.115. The van der Waals surface area contributed by atoms with Gasteiger partial charge < -0.3 is 14.8 Å². The Balaban J connectivity index is 1.82. The summed E-state index contributed by atoms with van der Waals surface area (Å²) in [6, 6.07) is 7.25. The Morgan fingerprint density at radius 2 is 2.00 bits per heavy atom. The molecule has 1 aromatic carbocycles. The summed E-state index contributed by atoms with van der Waals surface area (Å²) < 4.78 is 5.54. The highest BCUT2D eigenvalue weighted by Crippen LogP contribution is 2.32. The van der Waals surface area contributed by atoms with E-state index >= 15 is 0 Å². The Morgan fingerprint density at radius 1 is 1.25 bits per heavy atom. The molecule has 0 aromatic heterocycles. The zero-order valence-corrected chi connectivity index (χ0v) is 9.30. The first-order valence-corrected chi connectivity index (χ1v) is 5.79. The van der Waals surface area contributed by atoms with Crippen LogP contribution in [0.4, 0.5) is 0 Å². The molecule has 0 aliphatic heterocycles. The molecule has 2 N–H and O–H groups in total. The monoisotopic (exact) mass is 220 g/mol. The second-order valence-corrected chi connectivity index (χ2v) is 4.36. The first-order chi connectivity index (χ1) is 7.77. The fourth-order valence-electron chi connectivity index (χ4n) is 1.76. The molecular weight excluding hydrogens is 203 g/mol. The summed E-state index contributed by atoms with van der Waals surface area (Å²) in [5.74, 6) is 0.874. The second kappa shape index (κ2) is 5.48. The van der Waals surface area contributed by atoms with Crippen LogP contribution in [0.15, 0.2) is 24.3 Å². The van der Waals surface area contributed by atoms with Gasteiger partial charge in [0.05, 0.1) is 6.61 Å². The van der Waals surface area contributed by atoms with E-state index in [1.54, 1.807) is 12.1 Å². The van der Waals surface area contributed by atoms with Gasteiger partial charge in [-0.1, -0.05) is 37.1 Å². The molecule has 0 radical (unpaired) electrons. The molecule has 1 aliphatic rings. The molecule has 16 heavy (non-hydrogen) atoms. The molecule has 4 heteroatoms. The van der Waals surface area contributed by atoms with Gasteiger partial charge in [-0.05, 0) is 23.4 Å². The SMILES string of the molecule is OB(O)c1ccccc1COCCC1CC1. The van der Waals surface area contributed by atoms with Crippen LogP contribution in [0.25, 0.3) is 0 Å². The molecule has 86 valence electrons. The van der Waals surface area contributed by atoms with Crippen molar-refractivity contribution in [2.45, 2.75) is 25.9 Å². The van der Waals surface area contributed by atoms with Crippen LogP contribution >= 0.6 is 0 Å². The van der Waals surface area contributed by atoms with Crippen molar-refractivity contribution < 1.29 is 14.8 Å². The van der Waals surface area contributed by atoms with Crippen molar-refractivity contribution in [3.05, 3.63) is 29.8 Å². The lowest BCUT2D eigenvalue weighted by atomic mass is 9.77. The van der Waals surface area contributed by atoms with E-state index in [4.69, 9.17) is 14.8 Å². The van der Waals surface area contributed by atoms with E-state index in [0.717, 1.165) is 24.5 Å². The lowest BCUT2D eigenvalue weighted by Gasteiger charge is -2.09. The predicted octanol–water partition coefficient (Wildman–Crippen LogP) is 0.683. The van der Waals surface area contributed by atoms with Crippen LogP contribution in [-0.4, -0.2) is 23.8 Å². The predicted molar refractivity (Wildman–Crippen MR) is 63.3 cm³/mol. The minimum atomic E-state index is -1.41. The molecule has 0 saturated heterocycles. The molecular formula is C12H17BO3. The molecule has 1 fully saturated rings. The zero-order chi connectivity index (χ0) is 11.4. The van der Waals surface area contributed by atoms with Crippen LogP contribution in [-0.2, 0) is 11.3 Å². The molecule has 0 amide bonds. The number of hydrogen-bond donors (Lipinski definition) is 2. The minimum absolute atomic E-state index is 0.459. The van der Waals surface area contributed by atoms with Crippen molar-refractivity contribution in [3.8, 4) is 0 Å². The maximum Gasteiger partial charge on any atom is 0.488 e. The van der Waals surface area contributed by atoms with Gasteiger partial charge in [-0.15, -0.1) is 0 Å². The Labute approximate surface area is 96.2 Å². The third-order valence-corrected chi connectivity index (χ3v) is 2.96. The van der Waals surface area contributed by atoms with Gasteiger partial charge in [0, 0.05) is 6.61 Å². The van der Waals surface area contributed by atoms with Crippen LogP contribution in [0.3, 0.4) is 0 Å². The van der Waals surface area contributed by atoms with Crippen molar-refractivity contribution in [2.24, 2.45) is 5.92 Å². The first-order valence-electron chi connectivity index (χ1n) is 5.79. The van der Waals surface area contributed by atoms with Gasteiger partial charge >= 0.3 is 7.12 Å². The average molecular weight is 220 g/mol. The van der Waals surface area contributed by atoms with Crippen molar-refractivity contribution in [1.29, 1.82) is 0 Å². The van der Waals surface area contributed by atoms with Gasteiger partial charge in [-0.2, -0.15) is 0 Å². The number of hydrogen-bond acceptors (Lipinski definition) is 3. The Morgan fingerprint density at radius 3 is 2.69 bits per heavy atom. The van der Waals surface area contributed by atoms with E-state index in [9.17, 15) is 0 Å². The van der Waals surface area contributed by atoms with Crippen LogP contribution in [0.2, 0.25) is 0 Å². The standard InChI is InChI=1S/C12H17BO3/c14-13(15)12-4-2-1-3-11(12)9-16-8-7-10-5-6-10/h1-4,10,14-15H,5-9H2. The maximum absolute atomic E-state index is 9.16. The van der Waals surface area contributed by atoms with Gasteiger partial charge in [0.1, 0.15) is 0 Å². The van der Waals surface area contributed by atoms with Crippen LogP contribution < -0.4 is 5.46 Å². The maximum atomic E-state index is 9.16. The Hall–Kier alpha value is -0.835. The van der Waals surface area contributed by atoms with E-state index in [-0.39, 0.29) is 0 Å². The highest BCUT2D eigenvalue weighted by Gasteiger charge is 2.20. The highest BCUT2D eigenvalue weighted by atomic mass is 16.5. The summed E-state index contributed by atoms with van der Waals surface area (Å²) in [5.41, 5.74) is 1.39. The summed E-state index contributed by atoms with van der Waals surface area (Å²) in [6.45, 7) is 1.22. The fraction of sp³-hybridized carbons (Fsp3) is 0.500. The molecule has 0 atom stereocenters. The normalized spacial score (nSPS) is 15.1. The largest absolute Gasteiger partial charge is 0.488 e. The summed E-state index contributed by atoms with van der Waals surface area (Å²) >= 11 is 0. The topological polar surface area (TPSA) is 49.7 Å². The van der Waals surface area contributed by atoms with E-state index in [2.05, 4.69) is 0 Å². The quantitative estimate of drug-likeness (QED) is 0.547. The molecule has 0 heterocycles. The van der Waals surface area contributed by atoms with Crippen molar-refractivity contribution in [1.82, 2.24) is 0 Å². The summed E-state index contributed by atoms with van der Waals surface area (Å²) in [5, 5.41) is 18.3. The van der Waals surface area contributed by atoms with Gasteiger partial charge in [-0.3, -0.25) is 0 Å². The first kappa shape index (κ1) is 11.6. The van der Waals surface area contributed by atoms with Crippen LogP contribution in [0.1, 0.15) is 24.8 Å². The average Bonchev–Trinajstić information content (AvgIpc) is 3.08. The summed E-state index contributed by atoms with van der Waals surface area (Å²) in [7, 11) is -1.41. The van der Waals surface area contributed by atoms with Gasteiger partial charge in [0.15, 0.2) is 0 Å². The third kappa shape index (κ3) is 3.34. The summed E-state index contributed by atoms with van der Waals surface area (Å²) in [6.07, 6.45) is 3.81. The molecule has 0 bridgehead atoms. The van der Waals surface area contributed by atoms with Crippen molar-refractivity contribution >= 4 is 12.6 Å². The molecule has 1 aliphatic carbocycles. The van der Waals surface area contributed by atoms with Crippen molar-refractivity contribution in [2.75, 3.05) is 6.61 Å². The fourth-order valence-corrected chi connectivity index (χ4v) is 1.76. The van der Waals surface area contributed by atoms with Crippen LogP contribution in [0.5, 0.6) is 0 Å². The van der Waals surface area contributed by atoms with Crippen LogP contribution in [0, 0.1) is 5.92 Å². The van der Waals surface area contributed by atoms with E-state index in [0.29, 0.717) is 12.1 Å². The molecule has 2 rings (SSSR count). The number of rotatable bonds is 6. The molecule has 3 nitrogen and oxygen atoms in total. The number of benzene rings is 1. The second-order valence-electron chi connectivity index (χ2n) is 4.36. The van der Waals surface area contributed by atoms with Gasteiger partial charge in [-0.25, -0.2) is 0 Å². The Kier molecular flexibility index (Phi) is 3.99. The van der Waals surface area contributed by atoms with Gasteiger partial charge in [0.2, 0.25) is 0 Å². The third-order valence-electron chi connectivity index (χ3n) is 2.96. The van der Waals surface area contributed by atoms with E-state index in [1.165, 1.54) is 12.8 Å². The molecule has 1 aromatic rings. The summed E-state index contributed by atoms with van der Waals surface area (Å²) in [4.78, 5) is 0. The number of ether oxygens (including phenoxy) is 1. The van der Waals surface area contributed by atoms with E-state index < -0.39 is 7.12 Å². The molecule has 0 spiro atoms. The highest BCUT2D eigenvalue weighted by molar-refractivity contribution is 6.59. The molecule has 0 unspecified atom stereocenters. The Bertz CT molecular complexity index is 337. The van der Waals surface area contributed by atoms with Gasteiger partial charge in [0.25, 0.3) is 0 Å². The zero-order valence-electron chi connectivity index (χ0n) is 9.30.